The molecule has 1 N–H and O–H groups in total. The Morgan fingerprint density at radius 1 is 1.50 bits per heavy atom. The van der Waals surface area contributed by atoms with Gasteiger partial charge >= 0.3 is 5.97 Å². The summed E-state index contributed by atoms with van der Waals surface area (Å²) in [5.74, 6) is 0.169. The fraction of sp³-hybridized carbons (Fsp3) is 0.308. The highest BCUT2D eigenvalue weighted by Crippen LogP contribution is 2.28. The Balaban J connectivity index is 2.69. The van der Waals surface area contributed by atoms with E-state index in [0.29, 0.717) is 16.8 Å². The van der Waals surface area contributed by atoms with Crippen molar-refractivity contribution >= 4 is 28.0 Å². The summed E-state index contributed by atoms with van der Waals surface area (Å²) >= 11 is -1.05. The quantitative estimate of drug-likeness (QED) is 0.684. The number of carbonyl (C=O) groups excluding carboxylic acids is 1. The molecule has 0 aliphatic heterocycles. The second kappa shape index (κ2) is 5.04. The zero-order valence-electron chi connectivity index (χ0n) is 10.6. The van der Waals surface area contributed by atoms with Crippen molar-refractivity contribution in [3.05, 3.63) is 29.5 Å². The average Bonchev–Trinajstić information content (AvgIpc) is 2.80. The van der Waals surface area contributed by atoms with Gasteiger partial charge in [-0.1, -0.05) is 6.07 Å². The Kier molecular flexibility index (Phi) is 3.63. The number of fused-ring (bicyclic) bond motifs is 1. The first kappa shape index (κ1) is 13.0. The standard InChI is InChI=1S/C13H15NO3S/c1-4-18(16)10-7-14-12-9(10)6-5-8(2)11(12)13(15)17-3/h5-7,14H,4H2,1-3H3. The number of aromatic nitrogens is 1. The monoisotopic (exact) mass is 265 g/mol. The molecule has 1 aromatic heterocycles. The normalized spacial score (nSPS) is 12.7. The Morgan fingerprint density at radius 2 is 2.22 bits per heavy atom. The molecule has 0 radical (unpaired) electrons. The first-order chi connectivity index (χ1) is 8.60. The highest BCUT2D eigenvalue weighted by molar-refractivity contribution is 7.91. The summed E-state index contributed by atoms with van der Waals surface area (Å²) in [6, 6.07) is 3.73. The van der Waals surface area contributed by atoms with Gasteiger partial charge in [0.2, 0.25) is 0 Å². The van der Waals surface area contributed by atoms with E-state index in [0.717, 1.165) is 15.8 Å². The second-order valence-corrected chi connectivity index (χ2v) is 5.67. The Labute approximate surface area is 109 Å². The maximum absolute atomic E-state index is 11.9. The molecule has 4 nitrogen and oxygen atoms in total. The van der Waals surface area contributed by atoms with Crippen LogP contribution >= 0.6 is 0 Å². The van der Waals surface area contributed by atoms with Crippen LogP contribution in [0.2, 0.25) is 0 Å². The van der Waals surface area contributed by atoms with Gasteiger partial charge in [-0.05, 0) is 36.7 Å². The third-order valence-corrected chi connectivity index (χ3v) is 4.28. The first-order valence-electron chi connectivity index (χ1n) is 5.67. The summed E-state index contributed by atoms with van der Waals surface area (Å²) in [6.45, 7) is 3.72. The number of hydrogen-bond donors (Lipinski definition) is 1. The smallest absolute Gasteiger partial charge is 0.340 e. The lowest BCUT2D eigenvalue weighted by molar-refractivity contribution is 0.0602. The van der Waals surface area contributed by atoms with Crippen LogP contribution in [-0.2, 0) is 15.9 Å². The van der Waals surface area contributed by atoms with Gasteiger partial charge < -0.3 is 14.3 Å². The molecule has 18 heavy (non-hydrogen) atoms. The van der Waals surface area contributed by atoms with E-state index in [1.165, 1.54) is 7.11 Å². The predicted molar refractivity (Wildman–Crippen MR) is 71.3 cm³/mol. The van der Waals surface area contributed by atoms with Crippen molar-refractivity contribution < 1.29 is 14.1 Å². The van der Waals surface area contributed by atoms with E-state index in [9.17, 15) is 9.35 Å². The minimum atomic E-state index is -1.05. The molecule has 0 saturated heterocycles. The maximum atomic E-state index is 11.9. The van der Waals surface area contributed by atoms with Gasteiger partial charge in [0.25, 0.3) is 0 Å². The molecular weight excluding hydrogens is 250 g/mol. The SMILES string of the molecule is CC[S+]([O-])c1c[nH]c2c(C(=O)OC)c(C)ccc12. The van der Waals surface area contributed by atoms with Gasteiger partial charge in [-0.3, -0.25) is 0 Å². The Hall–Kier alpha value is -1.46. The molecule has 1 aromatic carbocycles. The zero-order valence-corrected chi connectivity index (χ0v) is 11.4. The molecule has 1 unspecified atom stereocenters. The van der Waals surface area contributed by atoms with Crippen LogP contribution in [0.3, 0.4) is 0 Å². The topological polar surface area (TPSA) is 65.1 Å². The minimum absolute atomic E-state index is 0.381. The van der Waals surface area contributed by atoms with E-state index in [4.69, 9.17) is 4.74 Å². The number of benzene rings is 1. The zero-order chi connectivity index (χ0) is 13.3. The number of hydrogen-bond acceptors (Lipinski definition) is 3. The van der Waals surface area contributed by atoms with Crippen molar-refractivity contribution in [1.29, 1.82) is 0 Å². The lowest BCUT2D eigenvalue weighted by Crippen LogP contribution is -2.05. The van der Waals surface area contributed by atoms with Gasteiger partial charge in [0, 0.05) is 0 Å². The predicted octanol–water partition coefficient (Wildman–Crippen LogP) is 2.39. The fourth-order valence-electron chi connectivity index (χ4n) is 1.99. The van der Waals surface area contributed by atoms with E-state index in [1.807, 2.05) is 26.0 Å². The summed E-state index contributed by atoms with van der Waals surface area (Å²) in [5, 5.41) is 0.821. The first-order valence-corrected chi connectivity index (χ1v) is 6.99. The molecule has 2 aromatic rings. The molecule has 96 valence electrons. The lowest BCUT2D eigenvalue weighted by atomic mass is 10.1. The number of carbonyl (C=O) groups is 1. The van der Waals surface area contributed by atoms with Gasteiger partial charge in [0.05, 0.1) is 29.8 Å². The minimum Gasteiger partial charge on any atom is -0.611 e. The van der Waals surface area contributed by atoms with Gasteiger partial charge in [-0.2, -0.15) is 0 Å². The van der Waals surface area contributed by atoms with Crippen molar-refractivity contribution in [2.45, 2.75) is 18.7 Å². The van der Waals surface area contributed by atoms with Crippen molar-refractivity contribution in [3.8, 4) is 0 Å². The number of aromatic amines is 1. The number of ether oxygens (including phenoxy) is 1. The van der Waals surface area contributed by atoms with Crippen molar-refractivity contribution in [2.75, 3.05) is 12.9 Å². The van der Waals surface area contributed by atoms with Crippen LogP contribution in [0, 0.1) is 6.92 Å². The van der Waals surface area contributed by atoms with Crippen LogP contribution in [-0.4, -0.2) is 28.4 Å². The summed E-state index contributed by atoms with van der Waals surface area (Å²) < 4.78 is 16.7. The number of methoxy groups -OCH3 is 1. The number of H-pyrrole nitrogens is 1. The average molecular weight is 265 g/mol. The van der Waals surface area contributed by atoms with Crippen molar-refractivity contribution in [1.82, 2.24) is 4.98 Å². The van der Waals surface area contributed by atoms with Crippen LogP contribution in [0.4, 0.5) is 0 Å². The maximum Gasteiger partial charge on any atom is 0.340 e. The lowest BCUT2D eigenvalue weighted by Gasteiger charge is -2.07. The van der Waals surface area contributed by atoms with Gasteiger partial charge in [-0.25, -0.2) is 4.79 Å². The van der Waals surface area contributed by atoms with Crippen LogP contribution in [0.1, 0.15) is 22.8 Å². The largest absolute Gasteiger partial charge is 0.611 e. The number of nitrogens with one attached hydrogen (secondary N) is 1. The molecule has 0 aliphatic carbocycles. The van der Waals surface area contributed by atoms with E-state index < -0.39 is 11.2 Å². The number of esters is 1. The second-order valence-electron chi connectivity index (χ2n) is 3.96. The molecule has 0 spiro atoms. The van der Waals surface area contributed by atoms with Crippen LogP contribution < -0.4 is 0 Å². The Morgan fingerprint density at radius 3 is 2.83 bits per heavy atom. The van der Waals surface area contributed by atoms with E-state index in [2.05, 4.69) is 4.98 Å². The van der Waals surface area contributed by atoms with Crippen LogP contribution in [0.15, 0.2) is 23.2 Å². The fourth-order valence-corrected chi connectivity index (χ4v) is 2.90. The van der Waals surface area contributed by atoms with Crippen LogP contribution in [0.25, 0.3) is 10.9 Å². The molecule has 0 bridgehead atoms. The molecule has 0 aliphatic rings. The molecular formula is C13H15NO3S. The molecule has 0 fully saturated rings. The molecule has 1 heterocycles. The number of aryl methyl sites for hydroxylation is 1. The third kappa shape index (κ3) is 2.00. The number of rotatable bonds is 3. The molecule has 1 atom stereocenters. The third-order valence-electron chi connectivity index (χ3n) is 2.92. The summed E-state index contributed by atoms with van der Waals surface area (Å²) in [7, 11) is 1.36. The highest BCUT2D eigenvalue weighted by Gasteiger charge is 2.21. The van der Waals surface area contributed by atoms with E-state index in [1.54, 1.807) is 6.20 Å². The Bertz CT molecular complexity index is 591. The molecule has 0 saturated carbocycles. The summed E-state index contributed by atoms with van der Waals surface area (Å²) in [6.07, 6.45) is 1.70. The van der Waals surface area contributed by atoms with E-state index in [-0.39, 0.29) is 5.97 Å². The van der Waals surface area contributed by atoms with Gasteiger partial charge in [-0.15, -0.1) is 0 Å². The molecule has 2 rings (SSSR count). The summed E-state index contributed by atoms with van der Waals surface area (Å²) in [4.78, 5) is 15.5. The van der Waals surface area contributed by atoms with Gasteiger partial charge in [0.15, 0.2) is 4.90 Å². The van der Waals surface area contributed by atoms with Gasteiger partial charge in [0.1, 0.15) is 5.75 Å². The van der Waals surface area contributed by atoms with E-state index >= 15 is 0 Å². The molecule has 5 heteroatoms. The molecule has 0 amide bonds. The van der Waals surface area contributed by atoms with Crippen molar-refractivity contribution in [2.24, 2.45) is 0 Å². The summed E-state index contributed by atoms with van der Waals surface area (Å²) in [5.41, 5.74) is 2.04. The highest BCUT2D eigenvalue weighted by atomic mass is 32.2. The van der Waals surface area contributed by atoms with Crippen LogP contribution in [0.5, 0.6) is 0 Å². The van der Waals surface area contributed by atoms with Crippen molar-refractivity contribution in [3.63, 3.8) is 0 Å².